The SMILES string of the molecule is COC(=O)[C@](O)(c1ccc(NC(=O)c2c(F)c(F)c(F)c(F)c2F)c(C)c1)C(F)(F)F. The van der Waals surface area contributed by atoms with Gasteiger partial charge in [-0.3, -0.25) is 4.79 Å². The third-order valence-electron chi connectivity index (χ3n) is 4.22. The largest absolute Gasteiger partial charge is 0.466 e. The highest BCUT2D eigenvalue weighted by atomic mass is 19.4. The van der Waals surface area contributed by atoms with E-state index in [1.54, 1.807) is 5.32 Å². The third kappa shape index (κ3) is 3.92. The van der Waals surface area contributed by atoms with Gasteiger partial charge in [0.1, 0.15) is 5.56 Å². The molecule has 0 aliphatic carbocycles. The smallest absolute Gasteiger partial charge is 0.432 e. The fourth-order valence-electron chi connectivity index (χ4n) is 2.56. The summed E-state index contributed by atoms with van der Waals surface area (Å²) in [6.45, 7) is 1.08. The Bertz CT molecular complexity index is 1040. The molecule has 0 heterocycles. The van der Waals surface area contributed by atoms with Gasteiger partial charge in [0.2, 0.25) is 5.82 Å². The topological polar surface area (TPSA) is 75.6 Å². The predicted octanol–water partition coefficient (Wildman–Crippen LogP) is 3.87. The molecule has 0 bridgehead atoms. The maximum atomic E-state index is 13.7. The molecule has 0 spiro atoms. The first-order valence-electron chi connectivity index (χ1n) is 7.99. The minimum atomic E-state index is -5.51. The monoisotopic (exact) mass is 457 g/mol. The summed E-state index contributed by atoms with van der Waals surface area (Å²) < 4.78 is 111. The third-order valence-corrected chi connectivity index (χ3v) is 4.22. The molecule has 2 rings (SSSR count). The molecule has 0 saturated heterocycles. The molecule has 2 aromatic rings. The second-order valence-corrected chi connectivity index (χ2v) is 6.13. The number of aliphatic hydroxyl groups is 1. The summed E-state index contributed by atoms with van der Waals surface area (Å²) in [5.41, 5.74) is -7.58. The first kappa shape index (κ1) is 24.1. The average molecular weight is 457 g/mol. The zero-order valence-corrected chi connectivity index (χ0v) is 15.4. The number of halogens is 8. The number of hydrogen-bond donors (Lipinski definition) is 2. The number of aryl methyl sites for hydroxylation is 1. The summed E-state index contributed by atoms with van der Waals surface area (Å²) in [4.78, 5) is 23.6. The van der Waals surface area contributed by atoms with Crippen molar-refractivity contribution < 1.29 is 54.6 Å². The maximum Gasteiger partial charge on any atom is 0.432 e. The van der Waals surface area contributed by atoms with Gasteiger partial charge in [0, 0.05) is 11.3 Å². The van der Waals surface area contributed by atoms with Crippen molar-refractivity contribution in [3.8, 4) is 0 Å². The molecule has 2 aromatic carbocycles. The van der Waals surface area contributed by atoms with E-state index in [4.69, 9.17) is 0 Å². The van der Waals surface area contributed by atoms with Gasteiger partial charge in [-0.05, 0) is 18.6 Å². The number of methoxy groups -OCH3 is 1. The molecular weight excluding hydrogens is 446 g/mol. The van der Waals surface area contributed by atoms with E-state index in [1.165, 1.54) is 0 Å². The van der Waals surface area contributed by atoms with E-state index in [0.717, 1.165) is 6.92 Å². The van der Waals surface area contributed by atoms with Crippen LogP contribution in [0.4, 0.5) is 40.8 Å². The van der Waals surface area contributed by atoms with Crippen LogP contribution in [0, 0.1) is 36.0 Å². The number of amides is 1. The number of benzene rings is 2. The Hall–Kier alpha value is -3.22. The van der Waals surface area contributed by atoms with Crippen molar-refractivity contribution in [1.82, 2.24) is 0 Å². The van der Waals surface area contributed by atoms with Crippen molar-refractivity contribution >= 4 is 17.6 Å². The van der Waals surface area contributed by atoms with Gasteiger partial charge in [-0.1, -0.05) is 12.1 Å². The van der Waals surface area contributed by atoms with Gasteiger partial charge in [0.15, 0.2) is 23.3 Å². The van der Waals surface area contributed by atoms with E-state index in [1.807, 2.05) is 0 Å². The lowest BCUT2D eigenvalue weighted by Gasteiger charge is -2.28. The Labute approximate surface area is 168 Å². The Morgan fingerprint density at radius 3 is 1.84 bits per heavy atom. The minimum absolute atomic E-state index is 0.263. The molecule has 13 heteroatoms. The summed E-state index contributed by atoms with van der Waals surface area (Å²) >= 11 is 0. The normalized spacial score (nSPS) is 13.5. The number of alkyl halides is 3. The fourth-order valence-corrected chi connectivity index (χ4v) is 2.56. The van der Waals surface area contributed by atoms with Crippen molar-refractivity contribution in [2.24, 2.45) is 0 Å². The van der Waals surface area contributed by atoms with E-state index in [0.29, 0.717) is 25.3 Å². The van der Waals surface area contributed by atoms with Gasteiger partial charge in [-0.15, -0.1) is 0 Å². The zero-order chi connectivity index (χ0) is 23.9. The molecule has 0 aromatic heterocycles. The summed E-state index contributed by atoms with van der Waals surface area (Å²) in [7, 11) is 0.602. The van der Waals surface area contributed by atoms with E-state index in [2.05, 4.69) is 4.74 Å². The van der Waals surface area contributed by atoms with Crippen LogP contribution in [-0.4, -0.2) is 30.3 Å². The van der Waals surface area contributed by atoms with Gasteiger partial charge in [-0.25, -0.2) is 26.7 Å². The van der Waals surface area contributed by atoms with Crippen molar-refractivity contribution in [1.29, 1.82) is 0 Å². The molecule has 0 radical (unpaired) electrons. The van der Waals surface area contributed by atoms with Crippen LogP contribution >= 0.6 is 0 Å². The molecule has 5 nitrogen and oxygen atoms in total. The van der Waals surface area contributed by atoms with Crippen molar-refractivity contribution in [3.05, 3.63) is 64.0 Å². The number of hydrogen-bond acceptors (Lipinski definition) is 4. The van der Waals surface area contributed by atoms with Crippen LogP contribution in [0.25, 0.3) is 0 Å². The van der Waals surface area contributed by atoms with E-state index in [9.17, 15) is 49.8 Å². The van der Waals surface area contributed by atoms with Crippen molar-refractivity contribution in [2.45, 2.75) is 18.7 Å². The Kier molecular flexibility index (Phi) is 6.31. The Morgan fingerprint density at radius 2 is 1.42 bits per heavy atom. The second-order valence-electron chi connectivity index (χ2n) is 6.13. The van der Waals surface area contributed by atoms with Gasteiger partial charge < -0.3 is 15.2 Å². The van der Waals surface area contributed by atoms with E-state index >= 15 is 0 Å². The van der Waals surface area contributed by atoms with Gasteiger partial charge in [-0.2, -0.15) is 13.2 Å². The van der Waals surface area contributed by atoms with Crippen LogP contribution in [-0.2, 0) is 15.1 Å². The molecule has 1 amide bonds. The van der Waals surface area contributed by atoms with Crippen LogP contribution in [0.3, 0.4) is 0 Å². The van der Waals surface area contributed by atoms with Gasteiger partial charge >= 0.3 is 12.1 Å². The summed E-state index contributed by atoms with van der Waals surface area (Å²) in [6, 6.07) is 1.87. The zero-order valence-electron chi connectivity index (χ0n) is 15.4. The number of carbonyl (C=O) groups excluding carboxylic acids is 2. The summed E-state index contributed by atoms with van der Waals surface area (Å²) in [6.07, 6.45) is -5.51. The number of carbonyl (C=O) groups is 2. The first-order chi connectivity index (χ1) is 14.2. The number of nitrogens with one attached hydrogen (secondary N) is 1. The summed E-state index contributed by atoms with van der Waals surface area (Å²) in [5, 5.41) is 11.7. The molecule has 0 fully saturated rings. The van der Waals surface area contributed by atoms with Crippen molar-refractivity contribution in [2.75, 3.05) is 12.4 Å². The number of rotatable bonds is 4. The van der Waals surface area contributed by atoms with Crippen LogP contribution in [0.15, 0.2) is 18.2 Å². The van der Waals surface area contributed by atoms with Crippen LogP contribution < -0.4 is 5.32 Å². The molecule has 0 saturated carbocycles. The number of anilines is 1. The molecule has 31 heavy (non-hydrogen) atoms. The maximum absolute atomic E-state index is 13.7. The molecule has 1 atom stereocenters. The van der Waals surface area contributed by atoms with Crippen LogP contribution in [0.5, 0.6) is 0 Å². The molecule has 0 aliphatic heterocycles. The number of ether oxygens (including phenoxy) is 1. The van der Waals surface area contributed by atoms with E-state index < -0.39 is 69.6 Å². The molecule has 0 unspecified atom stereocenters. The van der Waals surface area contributed by atoms with Gasteiger partial charge in [0.05, 0.1) is 7.11 Å². The van der Waals surface area contributed by atoms with Crippen LogP contribution in [0.1, 0.15) is 21.5 Å². The van der Waals surface area contributed by atoms with Crippen molar-refractivity contribution in [3.63, 3.8) is 0 Å². The van der Waals surface area contributed by atoms with Gasteiger partial charge in [0.25, 0.3) is 11.5 Å². The molecule has 2 N–H and O–H groups in total. The molecule has 0 aliphatic rings. The summed E-state index contributed by atoms with van der Waals surface area (Å²) in [5.74, 6) is -15.9. The lowest BCUT2D eigenvalue weighted by molar-refractivity contribution is -0.266. The van der Waals surface area contributed by atoms with E-state index in [-0.39, 0.29) is 5.56 Å². The first-order valence-corrected chi connectivity index (χ1v) is 7.99. The number of esters is 1. The standard InChI is InChI=1S/C18H11F8NO4/c1-6-5-7(17(30,16(29)31-2)18(24,25)26)3-4-8(6)27-15(28)9-10(19)12(21)14(23)13(22)11(9)20/h3-5,30H,1-2H3,(H,27,28)/t17-/m1/s1. The highest BCUT2D eigenvalue weighted by Crippen LogP contribution is 2.41. The molecule has 168 valence electrons. The fraction of sp³-hybridized carbons (Fsp3) is 0.222. The molecular formula is C18H11F8NO4. The Morgan fingerprint density at radius 1 is 0.935 bits per heavy atom. The quantitative estimate of drug-likeness (QED) is 0.317. The minimum Gasteiger partial charge on any atom is -0.466 e. The lowest BCUT2D eigenvalue weighted by Crippen LogP contribution is -2.49. The van der Waals surface area contributed by atoms with Crippen LogP contribution in [0.2, 0.25) is 0 Å². The highest BCUT2D eigenvalue weighted by molar-refractivity contribution is 6.05. The lowest BCUT2D eigenvalue weighted by atomic mass is 9.91. The average Bonchev–Trinajstić information content (AvgIpc) is 2.70. The highest BCUT2D eigenvalue weighted by Gasteiger charge is 2.62. The second kappa shape index (κ2) is 8.13. The Balaban J connectivity index is 2.49. The predicted molar refractivity (Wildman–Crippen MR) is 87.3 cm³/mol.